The third-order valence-corrected chi connectivity index (χ3v) is 5.66. The number of nitrogens with zero attached hydrogens (tertiary/aromatic N) is 1. The lowest BCUT2D eigenvalue weighted by atomic mass is 9.98. The van der Waals surface area contributed by atoms with Crippen molar-refractivity contribution < 1.29 is 18.3 Å². The van der Waals surface area contributed by atoms with E-state index in [1.165, 1.54) is 35.5 Å². The van der Waals surface area contributed by atoms with Crippen molar-refractivity contribution in [2.24, 2.45) is 5.92 Å². The maximum absolute atomic E-state index is 12.5. The second kappa shape index (κ2) is 5.63. The van der Waals surface area contributed by atoms with Crippen LogP contribution in [0, 0.1) is 5.92 Å². The summed E-state index contributed by atoms with van der Waals surface area (Å²) in [6.07, 6.45) is 0.0152. The molecule has 0 amide bonds. The van der Waals surface area contributed by atoms with E-state index in [0.717, 1.165) is 0 Å². The standard InChI is InChI=1S/C14H19NO4S/c1-10-7-8-15(9-14(10)17)20(18,19)13-5-3-12(4-6-13)11(2)16/h3-6,10,14,17H,7-9H2,1-2H3. The highest BCUT2D eigenvalue weighted by Crippen LogP contribution is 2.24. The molecule has 1 aliphatic rings. The van der Waals surface area contributed by atoms with Gasteiger partial charge in [-0.2, -0.15) is 4.31 Å². The quantitative estimate of drug-likeness (QED) is 0.853. The molecule has 1 aromatic carbocycles. The van der Waals surface area contributed by atoms with Crippen LogP contribution in [0.15, 0.2) is 29.2 Å². The third kappa shape index (κ3) is 2.92. The van der Waals surface area contributed by atoms with E-state index in [-0.39, 0.29) is 23.1 Å². The van der Waals surface area contributed by atoms with Gasteiger partial charge in [-0.3, -0.25) is 4.79 Å². The average Bonchev–Trinajstić information content (AvgIpc) is 2.41. The highest BCUT2D eigenvalue weighted by atomic mass is 32.2. The van der Waals surface area contributed by atoms with Crippen LogP contribution in [0.1, 0.15) is 30.6 Å². The Morgan fingerprint density at radius 3 is 2.40 bits per heavy atom. The average molecular weight is 297 g/mol. The first-order valence-corrected chi connectivity index (χ1v) is 8.05. The zero-order valence-electron chi connectivity index (χ0n) is 11.6. The van der Waals surface area contributed by atoms with Gasteiger partial charge >= 0.3 is 0 Å². The fraction of sp³-hybridized carbons (Fsp3) is 0.500. The van der Waals surface area contributed by atoms with E-state index in [4.69, 9.17) is 0 Å². The molecule has 0 saturated carbocycles. The van der Waals surface area contributed by atoms with E-state index in [2.05, 4.69) is 0 Å². The minimum atomic E-state index is -3.60. The van der Waals surface area contributed by atoms with Gasteiger partial charge in [-0.1, -0.05) is 19.1 Å². The second-order valence-corrected chi connectivity index (χ2v) is 7.21. The van der Waals surface area contributed by atoms with Gasteiger partial charge in [0.2, 0.25) is 10.0 Å². The minimum Gasteiger partial charge on any atom is -0.391 e. The number of Topliss-reactive ketones (excluding diaryl/α,β-unsaturated/α-hetero) is 1. The summed E-state index contributed by atoms with van der Waals surface area (Å²) in [6.45, 7) is 3.88. The molecule has 0 aliphatic carbocycles. The van der Waals surface area contributed by atoms with Crippen molar-refractivity contribution in [3.8, 4) is 0 Å². The molecular weight excluding hydrogens is 278 g/mol. The van der Waals surface area contributed by atoms with Gasteiger partial charge in [0.1, 0.15) is 0 Å². The molecule has 0 radical (unpaired) electrons. The van der Waals surface area contributed by atoms with Crippen molar-refractivity contribution in [2.45, 2.75) is 31.3 Å². The molecule has 1 aliphatic heterocycles. The Balaban J connectivity index is 2.24. The number of benzene rings is 1. The molecule has 2 atom stereocenters. The summed E-state index contributed by atoms with van der Waals surface area (Å²) in [6, 6.07) is 5.91. The molecule has 1 fully saturated rings. The van der Waals surface area contributed by atoms with Crippen molar-refractivity contribution in [3.05, 3.63) is 29.8 Å². The van der Waals surface area contributed by atoms with Crippen molar-refractivity contribution in [2.75, 3.05) is 13.1 Å². The Kier molecular flexibility index (Phi) is 4.27. The highest BCUT2D eigenvalue weighted by molar-refractivity contribution is 7.89. The summed E-state index contributed by atoms with van der Waals surface area (Å²) < 4.78 is 26.2. The number of sulfonamides is 1. The van der Waals surface area contributed by atoms with Crippen LogP contribution in [0.25, 0.3) is 0 Å². The number of hydrogen-bond acceptors (Lipinski definition) is 4. The molecule has 1 saturated heterocycles. The number of aliphatic hydroxyl groups excluding tert-OH is 1. The molecule has 1 heterocycles. The zero-order chi connectivity index (χ0) is 14.9. The van der Waals surface area contributed by atoms with Crippen LogP contribution in [0.4, 0.5) is 0 Å². The number of ketones is 1. The normalized spacial score (nSPS) is 24.6. The molecule has 1 aromatic rings. The second-order valence-electron chi connectivity index (χ2n) is 5.28. The number of hydrogen-bond donors (Lipinski definition) is 1. The van der Waals surface area contributed by atoms with Crippen LogP contribution in [0.3, 0.4) is 0 Å². The molecular formula is C14H19NO4S. The SMILES string of the molecule is CC(=O)c1ccc(S(=O)(=O)N2CCC(C)C(O)C2)cc1. The Morgan fingerprint density at radius 1 is 1.30 bits per heavy atom. The van der Waals surface area contributed by atoms with Gasteiger partial charge in [-0.05, 0) is 31.4 Å². The summed E-state index contributed by atoms with van der Waals surface area (Å²) in [7, 11) is -3.60. The Hall–Kier alpha value is -1.24. The molecule has 5 nitrogen and oxygen atoms in total. The van der Waals surface area contributed by atoms with Crippen molar-refractivity contribution in [3.63, 3.8) is 0 Å². The van der Waals surface area contributed by atoms with E-state index >= 15 is 0 Å². The van der Waals surface area contributed by atoms with Crippen LogP contribution in [-0.4, -0.2) is 42.8 Å². The van der Waals surface area contributed by atoms with Gasteiger partial charge in [0.05, 0.1) is 11.0 Å². The van der Waals surface area contributed by atoms with Gasteiger partial charge in [0.15, 0.2) is 5.78 Å². The number of rotatable bonds is 3. The third-order valence-electron chi connectivity index (χ3n) is 3.78. The molecule has 110 valence electrons. The smallest absolute Gasteiger partial charge is 0.243 e. The van der Waals surface area contributed by atoms with E-state index in [1.54, 1.807) is 0 Å². The number of β-amino-alcohol motifs (C(OH)–C–C–N with tert-alkyl or cyclic N) is 1. The fourth-order valence-electron chi connectivity index (χ4n) is 2.25. The van der Waals surface area contributed by atoms with Gasteiger partial charge in [0.25, 0.3) is 0 Å². The van der Waals surface area contributed by atoms with E-state index in [9.17, 15) is 18.3 Å². The minimum absolute atomic E-state index is 0.101. The number of aliphatic hydroxyl groups is 1. The fourth-order valence-corrected chi connectivity index (χ4v) is 3.72. The maximum Gasteiger partial charge on any atom is 0.243 e. The van der Waals surface area contributed by atoms with Gasteiger partial charge in [-0.25, -0.2) is 8.42 Å². The first-order valence-electron chi connectivity index (χ1n) is 6.61. The molecule has 0 aromatic heterocycles. The summed E-state index contributed by atoms with van der Waals surface area (Å²) in [5.41, 5.74) is 0.483. The molecule has 2 unspecified atom stereocenters. The summed E-state index contributed by atoms with van der Waals surface area (Å²) >= 11 is 0. The highest BCUT2D eigenvalue weighted by Gasteiger charge is 2.32. The van der Waals surface area contributed by atoms with Gasteiger partial charge in [0, 0.05) is 18.7 Å². The van der Waals surface area contributed by atoms with Gasteiger partial charge in [-0.15, -0.1) is 0 Å². The van der Waals surface area contributed by atoms with Crippen LogP contribution in [-0.2, 0) is 10.0 Å². The van der Waals surface area contributed by atoms with Crippen molar-refractivity contribution in [1.29, 1.82) is 0 Å². The van der Waals surface area contributed by atoms with Gasteiger partial charge < -0.3 is 5.11 Å². The lowest BCUT2D eigenvalue weighted by Gasteiger charge is -2.33. The molecule has 6 heteroatoms. The Morgan fingerprint density at radius 2 is 1.90 bits per heavy atom. The largest absolute Gasteiger partial charge is 0.391 e. The van der Waals surface area contributed by atoms with E-state index in [1.807, 2.05) is 6.92 Å². The molecule has 20 heavy (non-hydrogen) atoms. The number of carbonyl (C=O) groups excluding carboxylic acids is 1. The topological polar surface area (TPSA) is 74.7 Å². The molecule has 0 bridgehead atoms. The monoisotopic (exact) mass is 297 g/mol. The molecule has 1 N–H and O–H groups in total. The Bertz CT molecular complexity index is 594. The van der Waals surface area contributed by atoms with Crippen LogP contribution < -0.4 is 0 Å². The summed E-state index contributed by atoms with van der Waals surface area (Å²) in [5.74, 6) is 0.0118. The first-order chi connectivity index (χ1) is 9.32. The zero-order valence-corrected chi connectivity index (χ0v) is 12.4. The van der Waals surface area contributed by atoms with Crippen molar-refractivity contribution in [1.82, 2.24) is 4.31 Å². The Labute approximate surface area is 119 Å². The van der Waals surface area contributed by atoms with Crippen LogP contribution >= 0.6 is 0 Å². The van der Waals surface area contributed by atoms with E-state index in [0.29, 0.717) is 18.5 Å². The van der Waals surface area contributed by atoms with Crippen LogP contribution in [0.5, 0.6) is 0 Å². The molecule has 0 spiro atoms. The van der Waals surface area contributed by atoms with E-state index < -0.39 is 16.1 Å². The first kappa shape index (κ1) is 15.2. The predicted molar refractivity (Wildman–Crippen MR) is 75.0 cm³/mol. The number of carbonyl (C=O) groups is 1. The predicted octanol–water partition coefficient (Wildman–Crippen LogP) is 1.28. The maximum atomic E-state index is 12.5. The van der Waals surface area contributed by atoms with Crippen molar-refractivity contribution >= 4 is 15.8 Å². The lowest BCUT2D eigenvalue weighted by molar-refractivity contribution is 0.0605. The summed E-state index contributed by atoms with van der Waals surface area (Å²) in [4.78, 5) is 11.4. The van der Waals surface area contributed by atoms with Crippen LogP contribution in [0.2, 0.25) is 0 Å². The number of piperidine rings is 1. The lowest BCUT2D eigenvalue weighted by Crippen LogP contribution is -2.45. The summed E-state index contributed by atoms with van der Waals surface area (Å²) in [5, 5.41) is 9.82. The molecule has 2 rings (SSSR count).